The van der Waals surface area contributed by atoms with Crippen molar-refractivity contribution in [1.29, 1.82) is 0 Å². The fraction of sp³-hybridized carbons (Fsp3) is 0.429. The molecule has 12 heteroatoms. The number of nitrogens with one attached hydrogen (secondary N) is 1. The van der Waals surface area contributed by atoms with Crippen LogP contribution in [0.3, 0.4) is 0 Å². The summed E-state index contributed by atoms with van der Waals surface area (Å²) in [5, 5.41) is 13.1. The van der Waals surface area contributed by atoms with E-state index in [0.717, 1.165) is 12.8 Å². The molecule has 1 N–H and O–H groups in total. The lowest BCUT2D eigenvalue weighted by molar-refractivity contribution is 0.186. The molecule has 11 nitrogen and oxygen atoms in total. The van der Waals surface area contributed by atoms with Gasteiger partial charge in [-0.1, -0.05) is 30.3 Å². The van der Waals surface area contributed by atoms with Gasteiger partial charge >= 0.3 is 5.69 Å². The van der Waals surface area contributed by atoms with Gasteiger partial charge in [-0.15, -0.1) is 10.2 Å². The monoisotopic (exact) mass is 470 g/mol. The molecule has 5 rings (SSSR count). The highest BCUT2D eigenvalue weighted by molar-refractivity contribution is 6.28. The fourth-order valence-corrected chi connectivity index (χ4v) is 4.32. The molecule has 4 aromatic rings. The van der Waals surface area contributed by atoms with Crippen molar-refractivity contribution in [1.82, 2.24) is 39.3 Å². The first-order valence-electron chi connectivity index (χ1n) is 10.7. The average Bonchev–Trinajstić information content (AvgIpc) is 3.33. The quantitative estimate of drug-likeness (QED) is 0.366. The second-order valence-corrected chi connectivity index (χ2v) is 8.48. The molecule has 1 aliphatic carbocycles. The van der Waals surface area contributed by atoms with Crippen LogP contribution in [0.15, 0.2) is 39.9 Å². The van der Waals surface area contributed by atoms with Gasteiger partial charge in [-0.05, 0) is 41.6 Å². The number of benzene rings is 1. The van der Waals surface area contributed by atoms with Gasteiger partial charge in [0.2, 0.25) is 5.28 Å². The SMILES string of the molecule is COCCn1c(=O)n(CCCn2nnc(C3(c4ccccc4)CC3)n2)c(=O)c2[nH]c(Cl)nc21. The van der Waals surface area contributed by atoms with Gasteiger partial charge in [-0.25, -0.2) is 4.79 Å². The minimum Gasteiger partial charge on any atom is -0.383 e. The van der Waals surface area contributed by atoms with Crippen molar-refractivity contribution in [2.24, 2.45) is 0 Å². The Kier molecular flexibility index (Phi) is 5.59. The first-order chi connectivity index (χ1) is 16.0. The highest BCUT2D eigenvalue weighted by Gasteiger charge is 2.49. The molecule has 3 aromatic heterocycles. The summed E-state index contributed by atoms with van der Waals surface area (Å²) in [6.07, 6.45) is 2.46. The number of fused-ring (bicyclic) bond motifs is 1. The van der Waals surface area contributed by atoms with Gasteiger partial charge in [0.15, 0.2) is 17.0 Å². The Balaban J connectivity index is 1.34. The minimum absolute atomic E-state index is 0.0529. The maximum Gasteiger partial charge on any atom is 0.332 e. The predicted molar refractivity (Wildman–Crippen MR) is 120 cm³/mol. The number of ether oxygens (including phenoxy) is 1. The average molecular weight is 471 g/mol. The normalized spacial score (nSPS) is 14.7. The lowest BCUT2D eigenvalue weighted by Gasteiger charge is -2.11. The molecule has 1 aromatic carbocycles. The summed E-state index contributed by atoms with van der Waals surface area (Å²) in [5.41, 5.74) is 0.532. The second kappa shape index (κ2) is 8.56. The number of H-pyrrole nitrogens is 1. The van der Waals surface area contributed by atoms with Crippen molar-refractivity contribution in [3.05, 3.63) is 67.8 Å². The standard InChI is InChI=1S/C21H23ClN8O3/c1-33-13-12-28-16-15(23-19(22)24-16)17(31)29(20(28)32)10-5-11-30-26-18(25-27-30)21(8-9-21)14-6-3-2-4-7-14/h2-4,6-7H,5,8-13H2,1H3,(H,23,24). The highest BCUT2D eigenvalue weighted by Crippen LogP contribution is 2.51. The summed E-state index contributed by atoms with van der Waals surface area (Å²) in [6.45, 7) is 1.16. The first kappa shape index (κ1) is 21.5. The van der Waals surface area contributed by atoms with Crippen LogP contribution in [-0.4, -0.2) is 53.0 Å². The van der Waals surface area contributed by atoms with Crippen molar-refractivity contribution in [2.75, 3.05) is 13.7 Å². The van der Waals surface area contributed by atoms with Crippen LogP contribution in [0.4, 0.5) is 0 Å². The van der Waals surface area contributed by atoms with Gasteiger partial charge in [0.05, 0.1) is 25.1 Å². The largest absolute Gasteiger partial charge is 0.383 e. The van der Waals surface area contributed by atoms with E-state index in [1.807, 2.05) is 18.2 Å². The molecule has 1 saturated carbocycles. The van der Waals surface area contributed by atoms with Gasteiger partial charge in [0.25, 0.3) is 5.56 Å². The van der Waals surface area contributed by atoms with Gasteiger partial charge in [-0.3, -0.25) is 13.9 Å². The first-order valence-corrected chi connectivity index (χ1v) is 11.1. The van der Waals surface area contributed by atoms with Crippen LogP contribution in [0.1, 0.15) is 30.7 Å². The maximum absolute atomic E-state index is 13.0. The topological polar surface area (TPSA) is 126 Å². The van der Waals surface area contributed by atoms with Gasteiger partial charge in [0.1, 0.15) is 0 Å². The Hall–Kier alpha value is -3.31. The van der Waals surface area contributed by atoms with Crippen LogP contribution in [-0.2, 0) is 29.8 Å². The van der Waals surface area contributed by atoms with E-state index < -0.39 is 11.2 Å². The molecule has 1 aliphatic rings. The summed E-state index contributed by atoms with van der Waals surface area (Å²) >= 11 is 5.95. The summed E-state index contributed by atoms with van der Waals surface area (Å²) in [5.74, 6) is 0.710. The Morgan fingerprint density at radius 2 is 1.91 bits per heavy atom. The van der Waals surface area contributed by atoms with Crippen molar-refractivity contribution in [3.63, 3.8) is 0 Å². The number of hydrogen-bond donors (Lipinski definition) is 1. The van der Waals surface area contributed by atoms with E-state index in [4.69, 9.17) is 16.3 Å². The van der Waals surface area contributed by atoms with E-state index >= 15 is 0 Å². The zero-order chi connectivity index (χ0) is 23.0. The van der Waals surface area contributed by atoms with Crippen LogP contribution in [0.25, 0.3) is 11.2 Å². The van der Waals surface area contributed by atoms with E-state index in [0.29, 0.717) is 25.4 Å². The van der Waals surface area contributed by atoms with E-state index in [2.05, 4.69) is 37.5 Å². The Morgan fingerprint density at radius 3 is 2.64 bits per heavy atom. The molecule has 0 radical (unpaired) electrons. The molecular formula is C21H23ClN8O3. The number of aryl methyl sites for hydroxylation is 1. The Bertz CT molecular complexity index is 1400. The third-order valence-corrected chi connectivity index (χ3v) is 6.23. The van der Waals surface area contributed by atoms with Crippen LogP contribution in [0.5, 0.6) is 0 Å². The smallest absolute Gasteiger partial charge is 0.332 e. The molecule has 0 spiro atoms. The third kappa shape index (κ3) is 3.87. The molecule has 1 fully saturated rings. The molecule has 0 unspecified atom stereocenters. The molecule has 3 heterocycles. The highest BCUT2D eigenvalue weighted by atomic mass is 35.5. The number of nitrogens with zero attached hydrogens (tertiary/aromatic N) is 7. The molecule has 33 heavy (non-hydrogen) atoms. The summed E-state index contributed by atoms with van der Waals surface area (Å²) < 4.78 is 7.66. The van der Waals surface area contributed by atoms with Crippen LogP contribution in [0.2, 0.25) is 5.28 Å². The number of imidazole rings is 1. The van der Waals surface area contributed by atoms with Gasteiger partial charge in [0, 0.05) is 13.7 Å². The lowest BCUT2D eigenvalue weighted by atomic mass is 9.95. The Morgan fingerprint density at radius 1 is 1.12 bits per heavy atom. The van der Waals surface area contributed by atoms with E-state index in [1.54, 1.807) is 7.11 Å². The number of aromatic amines is 1. The number of methoxy groups -OCH3 is 1. The van der Waals surface area contributed by atoms with E-state index in [1.165, 1.54) is 19.5 Å². The Labute approximate surface area is 193 Å². The zero-order valence-corrected chi connectivity index (χ0v) is 18.8. The van der Waals surface area contributed by atoms with E-state index in [9.17, 15) is 9.59 Å². The molecule has 0 saturated heterocycles. The van der Waals surface area contributed by atoms with Gasteiger partial charge in [-0.2, -0.15) is 9.78 Å². The fourth-order valence-electron chi connectivity index (χ4n) is 4.14. The molecule has 0 amide bonds. The predicted octanol–water partition coefficient (Wildman–Crippen LogP) is 1.34. The number of halogens is 1. The van der Waals surface area contributed by atoms with Crippen LogP contribution >= 0.6 is 11.6 Å². The number of tetrazole rings is 1. The number of hydrogen-bond acceptors (Lipinski definition) is 7. The molecular weight excluding hydrogens is 448 g/mol. The minimum atomic E-state index is -0.462. The summed E-state index contributed by atoms with van der Waals surface area (Å²) in [6, 6.07) is 10.2. The second-order valence-electron chi connectivity index (χ2n) is 8.12. The van der Waals surface area contributed by atoms with Crippen molar-refractivity contribution in [2.45, 2.75) is 44.3 Å². The van der Waals surface area contributed by atoms with Crippen LogP contribution < -0.4 is 11.2 Å². The zero-order valence-electron chi connectivity index (χ0n) is 18.1. The lowest BCUT2D eigenvalue weighted by Crippen LogP contribution is -2.41. The maximum atomic E-state index is 13.0. The molecule has 0 aliphatic heterocycles. The molecule has 0 bridgehead atoms. The van der Waals surface area contributed by atoms with Crippen molar-refractivity contribution in [3.8, 4) is 0 Å². The third-order valence-electron chi connectivity index (χ3n) is 6.05. The van der Waals surface area contributed by atoms with Crippen LogP contribution in [0, 0.1) is 0 Å². The number of rotatable bonds is 9. The summed E-state index contributed by atoms with van der Waals surface area (Å²) in [4.78, 5) is 34.2. The number of aromatic nitrogens is 8. The van der Waals surface area contributed by atoms with Crippen molar-refractivity contribution < 1.29 is 4.74 Å². The van der Waals surface area contributed by atoms with Crippen molar-refractivity contribution >= 4 is 22.8 Å². The molecule has 0 atom stereocenters. The van der Waals surface area contributed by atoms with E-state index in [-0.39, 0.29) is 35.0 Å². The van der Waals surface area contributed by atoms with Gasteiger partial charge < -0.3 is 9.72 Å². The molecule has 172 valence electrons. The summed E-state index contributed by atoms with van der Waals surface area (Å²) in [7, 11) is 1.54.